The maximum atomic E-state index is 10.9. The second-order valence-corrected chi connectivity index (χ2v) is 5.40. The minimum atomic E-state index is -0.426. The zero-order valence-electron chi connectivity index (χ0n) is 11.2. The lowest BCUT2D eigenvalue weighted by atomic mass is 10.3. The van der Waals surface area contributed by atoms with Gasteiger partial charge in [-0.2, -0.15) is 0 Å². The molecule has 0 saturated carbocycles. The van der Waals surface area contributed by atoms with Crippen molar-refractivity contribution in [2.75, 3.05) is 17.2 Å². The van der Waals surface area contributed by atoms with E-state index < -0.39 is 4.92 Å². The molecule has 7 nitrogen and oxygen atoms in total. The molecule has 2 rings (SSSR count). The Labute approximate surface area is 120 Å². The molecule has 0 atom stereocenters. The molecule has 0 radical (unpaired) electrons. The van der Waals surface area contributed by atoms with Crippen molar-refractivity contribution in [2.45, 2.75) is 20.4 Å². The van der Waals surface area contributed by atoms with E-state index in [1.54, 1.807) is 17.5 Å². The molecule has 20 heavy (non-hydrogen) atoms. The number of hydrogen-bond donors (Lipinski definition) is 2. The van der Waals surface area contributed by atoms with Gasteiger partial charge in [-0.3, -0.25) is 10.1 Å². The van der Waals surface area contributed by atoms with Crippen molar-refractivity contribution >= 4 is 28.7 Å². The minimum absolute atomic E-state index is 0.0129. The van der Waals surface area contributed by atoms with Gasteiger partial charge < -0.3 is 10.6 Å². The number of rotatable bonds is 6. The molecule has 2 N–H and O–H groups in total. The Bertz CT molecular complexity index is 614. The molecule has 0 aliphatic heterocycles. The van der Waals surface area contributed by atoms with Crippen LogP contribution in [-0.4, -0.2) is 21.4 Å². The summed E-state index contributed by atoms with van der Waals surface area (Å²) in [5.41, 5.74) is 0.0129. The molecule has 2 heterocycles. The van der Waals surface area contributed by atoms with Crippen LogP contribution in [0.5, 0.6) is 0 Å². The number of anilines is 2. The summed E-state index contributed by atoms with van der Waals surface area (Å²) in [7, 11) is 0. The van der Waals surface area contributed by atoms with Crippen LogP contribution in [0.15, 0.2) is 18.3 Å². The van der Waals surface area contributed by atoms with Crippen LogP contribution in [0.3, 0.4) is 0 Å². The predicted molar refractivity (Wildman–Crippen MR) is 79.2 cm³/mol. The van der Waals surface area contributed by atoms with Crippen LogP contribution in [-0.2, 0) is 6.54 Å². The van der Waals surface area contributed by atoms with Crippen molar-refractivity contribution in [1.29, 1.82) is 0 Å². The average Bonchev–Trinajstić information content (AvgIpc) is 2.82. The molecule has 0 saturated heterocycles. The zero-order valence-corrected chi connectivity index (χ0v) is 12.0. The molecular weight excluding hydrogens is 278 g/mol. The molecule has 0 aliphatic rings. The Kier molecular flexibility index (Phi) is 4.46. The highest BCUT2D eigenvalue weighted by atomic mass is 32.1. The van der Waals surface area contributed by atoms with Gasteiger partial charge in [0, 0.05) is 17.6 Å². The standard InChI is InChI=1S/C12H15N5O2S/c1-3-13-11-4-9(17(18)19)5-12(16-11)15-7-10-6-14-8(2)20-10/h4-6H,3,7H2,1-2H3,(H2,13,15,16). The molecule has 0 amide bonds. The topological polar surface area (TPSA) is 93.0 Å². The minimum Gasteiger partial charge on any atom is -0.370 e. The summed E-state index contributed by atoms with van der Waals surface area (Å²) in [5.74, 6) is 0.964. The third kappa shape index (κ3) is 3.64. The molecule has 0 fully saturated rings. The quantitative estimate of drug-likeness (QED) is 0.628. The van der Waals surface area contributed by atoms with Crippen molar-refractivity contribution in [3.63, 3.8) is 0 Å². The smallest absolute Gasteiger partial charge is 0.276 e. The van der Waals surface area contributed by atoms with Gasteiger partial charge in [0.05, 0.1) is 28.6 Å². The molecule has 0 aromatic carbocycles. The normalized spacial score (nSPS) is 10.3. The fourth-order valence-corrected chi connectivity index (χ4v) is 2.38. The summed E-state index contributed by atoms with van der Waals surface area (Å²) in [6.45, 7) is 5.05. The maximum Gasteiger partial charge on any atom is 0.276 e. The fourth-order valence-electron chi connectivity index (χ4n) is 1.65. The number of thiazole rings is 1. The Balaban J connectivity index is 2.15. The van der Waals surface area contributed by atoms with Gasteiger partial charge in [-0.25, -0.2) is 9.97 Å². The van der Waals surface area contributed by atoms with Crippen molar-refractivity contribution in [2.24, 2.45) is 0 Å². The Morgan fingerprint density at radius 3 is 2.60 bits per heavy atom. The highest BCUT2D eigenvalue weighted by molar-refractivity contribution is 7.11. The largest absolute Gasteiger partial charge is 0.370 e. The maximum absolute atomic E-state index is 10.9. The summed E-state index contributed by atoms with van der Waals surface area (Å²) >= 11 is 1.58. The van der Waals surface area contributed by atoms with Gasteiger partial charge in [-0.1, -0.05) is 0 Å². The van der Waals surface area contributed by atoms with Gasteiger partial charge in [0.1, 0.15) is 11.6 Å². The highest BCUT2D eigenvalue weighted by Crippen LogP contribution is 2.21. The van der Waals surface area contributed by atoms with Crippen LogP contribution in [0.4, 0.5) is 17.3 Å². The van der Waals surface area contributed by atoms with Crippen LogP contribution in [0.1, 0.15) is 16.8 Å². The number of aromatic nitrogens is 2. The number of aryl methyl sites for hydroxylation is 1. The SMILES string of the molecule is CCNc1cc([N+](=O)[O-])cc(NCc2cnc(C)s2)n1. The Morgan fingerprint density at radius 1 is 1.35 bits per heavy atom. The lowest BCUT2D eigenvalue weighted by molar-refractivity contribution is -0.384. The number of nitrogens with one attached hydrogen (secondary N) is 2. The molecule has 0 bridgehead atoms. The van der Waals surface area contributed by atoms with Gasteiger partial charge >= 0.3 is 0 Å². The van der Waals surface area contributed by atoms with Crippen molar-refractivity contribution in [1.82, 2.24) is 9.97 Å². The van der Waals surface area contributed by atoms with Crippen LogP contribution in [0.25, 0.3) is 0 Å². The molecule has 106 valence electrons. The third-order valence-electron chi connectivity index (χ3n) is 2.49. The van der Waals surface area contributed by atoms with Crippen LogP contribution < -0.4 is 10.6 Å². The van der Waals surface area contributed by atoms with Gasteiger partial charge in [0.2, 0.25) is 0 Å². The lowest BCUT2D eigenvalue weighted by Crippen LogP contribution is -2.05. The first-order chi connectivity index (χ1) is 9.58. The van der Waals surface area contributed by atoms with Crippen molar-refractivity contribution in [3.05, 3.63) is 38.3 Å². The third-order valence-corrected chi connectivity index (χ3v) is 3.40. The first kappa shape index (κ1) is 14.2. The molecular formula is C12H15N5O2S. The average molecular weight is 293 g/mol. The zero-order chi connectivity index (χ0) is 14.5. The molecule has 0 unspecified atom stereocenters. The van der Waals surface area contributed by atoms with Crippen LogP contribution >= 0.6 is 11.3 Å². The predicted octanol–water partition coefficient (Wildman–Crippen LogP) is 2.80. The van der Waals surface area contributed by atoms with E-state index in [2.05, 4.69) is 20.6 Å². The summed E-state index contributed by atoms with van der Waals surface area (Å²) < 4.78 is 0. The van der Waals surface area contributed by atoms with E-state index in [4.69, 9.17) is 0 Å². The highest BCUT2D eigenvalue weighted by Gasteiger charge is 2.11. The number of pyridine rings is 1. The Hall–Kier alpha value is -2.22. The van der Waals surface area contributed by atoms with Gasteiger partial charge in [0.15, 0.2) is 0 Å². The fraction of sp³-hybridized carbons (Fsp3) is 0.333. The first-order valence-electron chi connectivity index (χ1n) is 6.14. The lowest BCUT2D eigenvalue weighted by Gasteiger charge is -2.07. The van der Waals surface area contributed by atoms with E-state index in [0.29, 0.717) is 24.7 Å². The van der Waals surface area contributed by atoms with E-state index in [0.717, 1.165) is 9.88 Å². The molecule has 2 aromatic rings. The van der Waals surface area contributed by atoms with E-state index in [-0.39, 0.29) is 5.69 Å². The van der Waals surface area contributed by atoms with Crippen molar-refractivity contribution in [3.8, 4) is 0 Å². The Morgan fingerprint density at radius 2 is 2.05 bits per heavy atom. The second kappa shape index (κ2) is 6.29. The van der Waals surface area contributed by atoms with Crippen LogP contribution in [0, 0.1) is 17.0 Å². The second-order valence-electron chi connectivity index (χ2n) is 4.08. The molecule has 2 aromatic heterocycles. The van der Waals surface area contributed by atoms with Crippen LogP contribution in [0.2, 0.25) is 0 Å². The molecule has 8 heteroatoms. The summed E-state index contributed by atoms with van der Waals surface area (Å²) in [5, 5.41) is 18.0. The monoisotopic (exact) mass is 293 g/mol. The first-order valence-corrected chi connectivity index (χ1v) is 6.95. The van der Waals surface area contributed by atoms with Gasteiger partial charge in [-0.15, -0.1) is 11.3 Å². The molecule has 0 aliphatic carbocycles. The summed E-state index contributed by atoms with van der Waals surface area (Å²) in [6, 6.07) is 2.85. The van der Waals surface area contributed by atoms with E-state index in [1.165, 1.54) is 12.1 Å². The number of nitro groups is 1. The number of nitrogens with zero attached hydrogens (tertiary/aromatic N) is 3. The van der Waals surface area contributed by atoms with E-state index in [1.807, 2.05) is 13.8 Å². The summed E-state index contributed by atoms with van der Waals surface area (Å²) in [4.78, 5) is 20.0. The van der Waals surface area contributed by atoms with Crippen molar-refractivity contribution < 1.29 is 4.92 Å². The van der Waals surface area contributed by atoms with E-state index >= 15 is 0 Å². The van der Waals surface area contributed by atoms with E-state index in [9.17, 15) is 10.1 Å². The number of hydrogen-bond acceptors (Lipinski definition) is 7. The van der Waals surface area contributed by atoms with Gasteiger partial charge in [0.25, 0.3) is 5.69 Å². The van der Waals surface area contributed by atoms with Gasteiger partial charge in [-0.05, 0) is 13.8 Å². The molecule has 0 spiro atoms. The summed E-state index contributed by atoms with van der Waals surface area (Å²) in [6.07, 6.45) is 1.79.